The normalized spacial score (nSPS) is 12.6. The number of halogens is 1. The van der Waals surface area contributed by atoms with Gasteiger partial charge in [-0.1, -0.05) is 29.8 Å². The molecule has 112 valence electrons. The number of hydrogen-bond acceptors (Lipinski definition) is 3. The predicted molar refractivity (Wildman–Crippen MR) is 86.1 cm³/mol. The summed E-state index contributed by atoms with van der Waals surface area (Å²) in [6, 6.07) is 5.38. The van der Waals surface area contributed by atoms with Crippen LogP contribution in [0.5, 0.6) is 0 Å². The Labute approximate surface area is 131 Å². The topological polar surface area (TPSA) is 64.0 Å². The van der Waals surface area contributed by atoms with Crippen LogP contribution in [0.15, 0.2) is 33.8 Å². The van der Waals surface area contributed by atoms with E-state index in [-0.39, 0.29) is 24.1 Å². The summed E-state index contributed by atoms with van der Waals surface area (Å²) in [6.07, 6.45) is 1.41. The molecule has 1 aromatic carbocycles. The minimum atomic E-state index is -0.214. The monoisotopic (exact) mass is 351 g/mol. The van der Waals surface area contributed by atoms with Crippen molar-refractivity contribution in [2.45, 2.75) is 33.4 Å². The molecule has 0 radical (unpaired) electrons. The molecule has 1 amide bonds. The van der Waals surface area contributed by atoms with Crippen molar-refractivity contribution < 1.29 is 4.79 Å². The minimum absolute atomic E-state index is 0.0225. The lowest BCUT2D eigenvalue weighted by Crippen LogP contribution is -2.39. The fourth-order valence-corrected chi connectivity index (χ4v) is 2.23. The average Bonchev–Trinajstić information content (AvgIpc) is 2.42. The van der Waals surface area contributed by atoms with Gasteiger partial charge in [0.15, 0.2) is 0 Å². The number of fused-ring (bicyclic) bond motifs is 1. The number of rotatable bonds is 4. The van der Waals surface area contributed by atoms with E-state index in [0.717, 1.165) is 4.47 Å². The summed E-state index contributed by atoms with van der Waals surface area (Å²) in [4.78, 5) is 28.5. The van der Waals surface area contributed by atoms with Crippen LogP contribution in [0, 0.1) is 5.92 Å². The van der Waals surface area contributed by atoms with E-state index in [1.54, 1.807) is 12.1 Å². The van der Waals surface area contributed by atoms with E-state index < -0.39 is 0 Å². The second-order valence-corrected chi connectivity index (χ2v) is 6.35. The van der Waals surface area contributed by atoms with Crippen LogP contribution in [0.2, 0.25) is 0 Å². The van der Waals surface area contributed by atoms with Gasteiger partial charge in [-0.05, 0) is 31.0 Å². The van der Waals surface area contributed by atoms with Gasteiger partial charge in [-0.15, -0.1) is 0 Å². The third-order valence-electron chi connectivity index (χ3n) is 3.49. The van der Waals surface area contributed by atoms with Crippen molar-refractivity contribution >= 4 is 32.7 Å². The molecule has 1 N–H and O–H groups in total. The van der Waals surface area contributed by atoms with Crippen molar-refractivity contribution in [3.8, 4) is 0 Å². The Balaban J connectivity index is 2.25. The Bertz CT molecular complexity index is 724. The fourth-order valence-electron chi connectivity index (χ4n) is 1.86. The second kappa shape index (κ2) is 6.39. The van der Waals surface area contributed by atoms with Gasteiger partial charge in [0.05, 0.1) is 17.2 Å². The number of nitrogens with one attached hydrogen (secondary N) is 1. The lowest BCUT2D eigenvalue weighted by Gasteiger charge is -2.17. The number of hydrogen-bond donors (Lipinski definition) is 1. The van der Waals surface area contributed by atoms with Crippen molar-refractivity contribution in [2.75, 3.05) is 0 Å². The van der Waals surface area contributed by atoms with Crippen LogP contribution in [0.4, 0.5) is 0 Å². The van der Waals surface area contributed by atoms with E-state index in [2.05, 4.69) is 26.2 Å². The van der Waals surface area contributed by atoms with E-state index in [4.69, 9.17) is 0 Å². The molecule has 21 heavy (non-hydrogen) atoms. The van der Waals surface area contributed by atoms with Crippen LogP contribution < -0.4 is 10.9 Å². The lowest BCUT2D eigenvalue weighted by atomic mass is 10.1. The zero-order valence-corrected chi connectivity index (χ0v) is 13.8. The fraction of sp³-hybridized carbons (Fsp3) is 0.400. The highest BCUT2D eigenvalue weighted by molar-refractivity contribution is 9.10. The maximum Gasteiger partial charge on any atom is 0.261 e. The Kier molecular flexibility index (Phi) is 4.77. The molecule has 0 saturated carbocycles. The van der Waals surface area contributed by atoms with Crippen LogP contribution >= 0.6 is 15.9 Å². The number of carbonyl (C=O) groups excluding carboxylic acids is 1. The first-order valence-electron chi connectivity index (χ1n) is 6.82. The summed E-state index contributed by atoms with van der Waals surface area (Å²) in [5.74, 6) is 0.158. The van der Waals surface area contributed by atoms with Crippen LogP contribution in [0.3, 0.4) is 0 Å². The molecule has 0 saturated heterocycles. The van der Waals surface area contributed by atoms with E-state index in [1.165, 1.54) is 10.9 Å². The van der Waals surface area contributed by atoms with Gasteiger partial charge < -0.3 is 5.32 Å². The van der Waals surface area contributed by atoms with Gasteiger partial charge in [-0.25, -0.2) is 4.98 Å². The molecule has 1 heterocycles. The van der Waals surface area contributed by atoms with Crippen LogP contribution in [-0.4, -0.2) is 21.5 Å². The Hall–Kier alpha value is -1.69. The average molecular weight is 352 g/mol. The molecule has 0 aliphatic carbocycles. The largest absolute Gasteiger partial charge is 0.352 e. The summed E-state index contributed by atoms with van der Waals surface area (Å²) >= 11 is 3.34. The summed E-state index contributed by atoms with van der Waals surface area (Å²) in [5.41, 5.74) is 0.407. The zero-order chi connectivity index (χ0) is 15.6. The van der Waals surface area contributed by atoms with Crippen molar-refractivity contribution in [2.24, 2.45) is 5.92 Å². The summed E-state index contributed by atoms with van der Waals surface area (Å²) in [6.45, 7) is 5.99. The van der Waals surface area contributed by atoms with Crippen LogP contribution in [0.1, 0.15) is 20.8 Å². The molecule has 1 aromatic heterocycles. The standard InChI is InChI=1S/C15H18BrN3O2/c1-9(2)10(3)18-14(20)7-19-8-17-13-5-4-11(16)6-12(13)15(19)21/h4-6,8-10H,7H2,1-3H3,(H,18,20). The quantitative estimate of drug-likeness (QED) is 0.919. The maximum atomic E-state index is 12.4. The predicted octanol–water partition coefficient (Wildman–Crippen LogP) is 2.32. The molecule has 0 aliphatic rings. The highest BCUT2D eigenvalue weighted by Crippen LogP contribution is 2.14. The van der Waals surface area contributed by atoms with Gasteiger partial charge in [-0.2, -0.15) is 0 Å². The first kappa shape index (κ1) is 15.7. The molecule has 0 spiro atoms. The van der Waals surface area contributed by atoms with E-state index >= 15 is 0 Å². The summed E-state index contributed by atoms with van der Waals surface area (Å²) in [5, 5.41) is 3.38. The van der Waals surface area contributed by atoms with Crippen molar-refractivity contribution in [1.82, 2.24) is 14.9 Å². The highest BCUT2D eigenvalue weighted by Gasteiger charge is 2.12. The third kappa shape index (κ3) is 3.69. The molecule has 6 heteroatoms. The number of carbonyl (C=O) groups is 1. The maximum absolute atomic E-state index is 12.4. The molecule has 5 nitrogen and oxygen atoms in total. The Morgan fingerprint density at radius 3 is 2.76 bits per heavy atom. The first-order chi connectivity index (χ1) is 9.88. The minimum Gasteiger partial charge on any atom is -0.352 e. The number of nitrogens with zero attached hydrogens (tertiary/aromatic N) is 2. The van der Waals surface area contributed by atoms with Crippen LogP contribution in [0.25, 0.3) is 10.9 Å². The van der Waals surface area contributed by atoms with Gasteiger partial charge in [0.25, 0.3) is 5.56 Å². The Morgan fingerprint density at radius 1 is 1.38 bits per heavy atom. The smallest absolute Gasteiger partial charge is 0.261 e. The van der Waals surface area contributed by atoms with Gasteiger partial charge >= 0.3 is 0 Å². The Morgan fingerprint density at radius 2 is 2.10 bits per heavy atom. The molecule has 1 atom stereocenters. The third-order valence-corrected chi connectivity index (χ3v) is 3.98. The number of benzene rings is 1. The SMILES string of the molecule is CC(C)C(C)NC(=O)Cn1cnc2ccc(Br)cc2c1=O. The van der Waals surface area contributed by atoms with E-state index in [0.29, 0.717) is 16.8 Å². The molecule has 2 rings (SSSR count). The summed E-state index contributed by atoms with van der Waals surface area (Å²) < 4.78 is 2.14. The highest BCUT2D eigenvalue weighted by atomic mass is 79.9. The van der Waals surface area contributed by atoms with E-state index in [1.807, 2.05) is 26.8 Å². The van der Waals surface area contributed by atoms with Crippen molar-refractivity contribution in [3.05, 3.63) is 39.4 Å². The molecule has 0 fully saturated rings. The molecule has 2 aromatic rings. The second-order valence-electron chi connectivity index (χ2n) is 5.44. The van der Waals surface area contributed by atoms with Gasteiger partial charge in [0.1, 0.15) is 6.54 Å². The van der Waals surface area contributed by atoms with E-state index in [9.17, 15) is 9.59 Å². The van der Waals surface area contributed by atoms with Crippen molar-refractivity contribution in [1.29, 1.82) is 0 Å². The number of aromatic nitrogens is 2. The molecule has 0 aliphatic heterocycles. The number of amides is 1. The van der Waals surface area contributed by atoms with Crippen LogP contribution in [-0.2, 0) is 11.3 Å². The molecule has 1 unspecified atom stereocenters. The van der Waals surface area contributed by atoms with Gasteiger partial charge in [0, 0.05) is 10.5 Å². The van der Waals surface area contributed by atoms with Gasteiger partial charge in [-0.3, -0.25) is 14.2 Å². The molecule has 0 bridgehead atoms. The first-order valence-corrected chi connectivity index (χ1v) is 7.62. The zero-order valence-electron chi connectivity index (χ0n) is 12.3. The summed E-state index contributed by atoms with van der Waals surface area (Å²) in [7, 11) is 0. The lowest BCUT2D eigenvalue weighted by molar-refractivity contribution is -0.122. The molecular weight excluding hydrogens is 334 g/mol. The van der Waals surface area contributed by atoms with Gasteiger partial charge in [0.2, 0.25) is 5.91 Å². The van der Waals surface area contributed by atoms with Crippen molar-refractivity contribution in [3.63, 3.8) is 0 Å². The molecular formula is C15H18BrN3O2.